The lowest BCUT2D eigenvalue weighted by Crippen LogP contribution is -1.80. The summed E-state index contributed by atoms with van der Waals surface area (Å²) in [5, 5.41) is 0. The van der Waals surface area contributed by atoms with Crippen LogP contribution in [0.3, 0.4) is 0 Å². The van der Waals surface area contributed by atoms with E-state index in [1.807, 2.05) is 18.2 Å². The second-order valence-corrected chi connectivity index (χ2v) is 3.05. The third-order valence-electron chi connectivity index (χ3n) is 2.09. The molecule has 0 unspecified atom stereocenters. The number of hydrogen-bond donors (Lipinski definition) is 0. The Morgan fingerprint density at radius 2 is 1.38 bits per heavy atom. The largest absolute Gasteiger partial charge is 0.0623 e. The van der Waals surface area contributed by atoms with Gasteiger partial charge in [-0.3, -0.25) is 0 Å². The van der Waals surface area contributed by atoms with E-state index >= 15 is 0 Å². The molecule has 0 N–H and O–H groups in total. The van der Waals surface area contributed by atoms with Crippen LogP contribution in [0.5, 0.6) is 0 Å². The molecule has 1 rings (SSSR count). The molecule has 0 saturated carbocycles. The summed E-state index contributed by atoms with van der Waals surface area (Å²) in [5.41, 5.74) is 2.75. The Morgan fingerprint density at radius 3 is 2.00 bits per heavy atom. The van der Waals surface area contributed by atoms with Crippen molar-refractivity contribution >= 4 is 0 Å². The molecule has 0 fully saturated rings. The zero-order valence-corrected chi connectivity index (χ0v) is 8.33. The molecule has 0 aliphatic rings. The molecule has 0 aliphatic heterocycles. The molecule has 1 aromatic carbocycles. The Kier molecular flexibility index (Phi) is 4.04. The molecule has 0 amide bonds. The average Bonchev–Trinajstić information content (AvgIpc) is 2.16. The van der Waals surface area contributed by atoms with Crippen molar-refractivity contribution in [2.45, 2.75) is 20.3 Å². The topological polar surface area (TPSA) is 0 Å². The lowest BCUT2D eigenvalue weighted by Gasteiger charge is -1.96. The number of aryl methyl sites for hydroxylation is 2. The maximum atomic E-state index is 2.18. The van der Waals surface area contributed by atoms with E-state index < -0.39 is 0 Å². The number of rotatable bonds is 1. The molecule has 0 atom stereocenters. The maximum Gasteiger partial charge on any atom is -0.0305 e. The second kappa shape index (κ2) is 5.36. The minimum Gasteiger partial charge on any atom is -0.0623 e. The van der Waals surface area contributed by atoms with Crippen molar-refractivity contribution < 1.29 is 0 Å². The van der Waals surface area contributed by atoms with Gasteiger partial charge < -0.3 is 0 Å². The van der Waals surface area contributed by atoms with E-state index in [2.05, 4.69) is 44.2 Å². The predicted octanol–water partition coefficient (Wildman–Crippen LogP) is 3.68. The molecule has 0 saturated heterocycles. The second-order valence-electron chi connectivity index (χ2n) is 3.05. The molecule has 68 valence electrons. The SMILES string of the molecule is CCc1ccccccccc1C. The molecule has 0 heteroatoms. The first kappa shape index (κ1) is 9.79. The minimum absolute atomic E-state index is 1.09. The molecule has 0 spiro atoms. The van der Waals surface area contributed by atoms with Crippen molar-refractivity contribution in [3.8, 4) is 0 Å². The van der Waals surface area contributed by atoms with Crippen LogP contribution in [0.1, 0.15) is 18.1 Å². The highest BCUT2D eigenvalue weighted by Gasteiger charge is 1.87. The van der Waals surface area contributed by atoms with E-state index in [9.17, 15) is 0 Å². The van der Waals surface area contributed by atoms with Crippen LogP contribution in [0.2, 0.25) is 0 Å². The highest BCUT2D eigenvalue weighted by atomic mass is 13.9. The van der Waals surface area contributed by atoms with Gasteiger partial charge in [0.1, 0.15) is 0 Å². The molecule has 0 aliphatic carbocycles. The van der Waals surface area contributed by atoms with Gasteiger partial charge in [-0.25, -0.2) is 0 Å². The normalized spacial score (nSPS) is 9.08. The van der Waals surface area contributed by atoms with Crippen molar-refractivity contribution in [1.29, 1.82) is 0 Å². The Hall–Kier alpha value is -1.30. The Morgan fingerprint density at radius 1 is 0.846 bits per heavy atom. The predicted molar refractivity (Wildman–Crippen MR) is 58.2 cm³/mol. The summed E-state index contributed by atoms with van der Waals surface area (Å²) < 4.78 is 0. The smallest absolute Gasteiger partial charge is 0.0305 e. The highest BCUT2D eigenvalue weighted by molar-refractivity contribution is 5.22. The van der Waals surface area contributed by atoms with Gasteiger partial charge in [0.2, 0.25) is 0 Å². The molecule has 13 heavy (non-hydrogen) atoms. The van der Waals surface area contributed by atoms with Gasteiger partial charge >= 0.3 is 0 Å². The van der Waals surface area contributed by atoms with Gasteiger partial charge in [-0.1, -0.05) is 55.5 Å². The lowest BCUT2D eigenvalue weighted by molar-refractivity contribution is 1.11. The van der Waals surface area contributed by atoms with E-state index in [4.69, 9.17) is 0 Å². The zero-order chi connectivity index (χ0) is 9.52. The van der Waals surface area contributed by atoms with Gasteiger partial charge in [-0.15, -0.1) is 0 Å². The van der Waals surface area contributed by atoms with Gasteiger partial charge in [0.15, 0.2) is 0 Å². The summed E-state index contributed by atoms with van der Waals surface area (Å²) in [5.74, 6) is 0. The number of hydrogen-bond acceptors (Lipinski definition) is 0. The average molecular weight is 172 g/mol. The summed E-state index contributed by atoms with van der Waals surface area (Å²) in [6, 6.07) is 16.7. The van der Waals surface area contributed by atoms with Gasteiger partial charge in [-0.2, -0.15) is 0 Å². The fourth-order valence-electron chi connectivity index (χ4n) is 1.26. The Balaban J connectivity index is 3.24. The van der Waals surface area contributed by atoms with E-state index in [0.29, 0.717) is 0 Å². The monoisotopic (exact) mass is 172 g/mol. The van der Waals surface area contributed by atoms with Crippen LogP contribution < -0.4 is 0 Å². The molecular weight excluding hydrogens is 156 g/mol. The lowest BCUT2D eigenvalue weighted by atomic mass is 10.1. The van der Waals surface area contributed by atoms with E-state index in [1.165, 1.54) is 11.1 Å². The first-order valence-corrected chi connectivity index (χ1v) is 4.72. The van der Waals surface area contributed by atoms with Crippen LogP contribution in [-0.4, -0.2) is 0 Å². The summed E-state index contributed by atoms with van der Waals surface area (Å²) in [7, 11) is 0. The molecule has 0 heterocycles. The Bertz CT molecular complexity index is 312. The Labute approximate surface area is 80.6 Å². The molecule has 0 radical (unpaired) electrons. The van der Waals surface area contributed by atoms with Gasteiger partial charge in [0, 0.05) is 0 Å². The quantitative estimate of drug-likeness (QED) is 0.606. The van der Waals surface area contributed by atoms with Crippen molar-refractivity contribution in [1.82, 2.24) is 0 Å². The van der Waals surface area contributed by atoms with E-state index in [1.54, 1.807) is 0 Å². The minimum atomic E-state index is 1.09. The molecule has 0 nitrogen and oxygen atoms in total. The van der Waals surface area contributed by atoms with Crippen molar-refractivity contribution in [3.63, 3.8) is 0 Å². The van der Waals surface area contributed by atoms with Gasteiger partial charge in [0.05, 0.1) is 0 Å². The molecule has 1 aromatic rings. The summed E-state index contributed by atoms with van der Waals surface area (Å²) in [4.78, 5) is 0. The molecule has 0 aromatic heterocycles. The van der Waals surface area contributed by atoms with Crippen LogP contribution in [0, 0.1) is 6.92 Å². The van der Waals surface area contributed by atoms with E-state index in [0.717, 1.165) is 6.42 Å². The third-order valence-corrected chi connectivity index (χ3v) is 2.09. The summed E-state index contributed by atoms with van der Waals surface area (Å²) in [6.07, 6.45) is 1.09. The van der Waals surface area contributed by atoms with Crippen LogP contribution in [0.25, 0.3) is 0 Å². The van der Waals surface area contributed by atoms with Crippen LogP contribution in [-0.2, 0) is 6.42 Å². The molecule has 0 bridgehead atoms. The van der Waals surface area contributed by atoms with Crippen LogP contribution >= 0.6 is 0 Å². The van der Waals surface area contributed by atoms with Crippen LogP contribution in [0.15, 0.2) is 48.5 Å². The summed E-state index contributed by atoms with van der Waals surface area (Å²) in [6.45, 7) is 4.33. The van der Waals surface area contributed by atoms with Crippen molar-refractivity contribution in [2.75, 3.05) is 0 Å². The third kappa shape index (κ3) is 3.29. The fraction of sp³-hybridized carbons (Fsp3) is 0.231. The van der Waals surface area contributed by atoms with Crippen molar-refractivity contribution in [2.24, 2.45) is 0 Å². The van der Waals surface area contributed by atoms with E-state index in [-0.39, 0.29) is 0 Å². The van der Waals surface area contributed by atoms with Gasteiger partial charge in [-0.05, 0) is 24.5 Å². The highest BCUT2D eigenvalue weighted by Crippen LogP contribution is 2.03. The van der Waals surface area contributed by atoms with Gasteiger partial charge in [0.25, 0.3) is 0 Å². The first-order valence-electron chi connectivity index (χ1n) is 4.72. The van der Waals surface area contributed by atoms with Crippen LogP contribution in [0.4, 0.5) is 0 Å². The van der Waals surface area contributed by atoms with Crippen molar-refractivity contribution in [3.05, 3.63) is 59.7 Å². The summed E-state index contributed by atoms with van der Waals surface area (Å²) >= 11 is 0. The maximum absolute atomic E-state index is 2.18. The first-order chi connectivity index (χ1) is 6.34. The fourth-order valence-corrected chi connectivity index (χ4v) is 1.26. The molecular formula is C13H16. The standard InChI is InChI=1S/C13H16/c1-3-13-11-9-7-5-4-6-8-10-12(13)2/h4-11H,3H2,1-2H3. The zero-order valence-electron chi connectivity index (χ0n) is 8.33.